The summed E-state index contributed by atoms with van der Waals surface area (Å²) in [5.41, 5.74) is 5.08. The van der Waals surface area contributed by atoms with E-state index in [1.165, 1.54) is 32.1 Å². The van der Waals surface area contributed by atoms with Gasteiger partial charge in [0, 0.05) is 36.4 Å². The van der Waals surface area contributed by atoms with Gasteiger partial charge in [0.15, 0.2) is 0 Å². The van der Waals surface area contributed by atoms with E-state index < -0.39 is 0 Å². The number of benzene rings is 1. The van der Waals surface area contributed by atoms with Crippen LogP contribution in [0.1, 0.15) is 37.7 Å². The molecule has 2 aromatic heterocycles. The molecule has 0 unspecified atom stereocenters. The van der Waals surface area contributed by atoms with Crippen molar-refractivity contribution >= 4 is 22.7 Å². The molecule has 1 aromatic carbocycles. The molecular weight excluding hydrogens is 324 g/mol. The number of hydrogen-bond donors (Lipinski definition) is 2. The molecule has 6 nitrogen and oxygen atoms in total. The van der Waals surface area contributed by atoms with Gasteiger partial charge in [-0.05, 0) is 43.0 Å². The van der Waals surface area contributed by atoms with Crippen LogP contribution in [0.25, 0.3) is 22.2 Å². The van der Waals surface area contributed by atoms with Crippen LogP contribution in [-0.4, -0.2) is 28.0 Å². The van der Waals surface area contributed by atoms with Gasteiger partial charge in [-0.3, -0.25) is 0 Å². The molecule has 6 heteroatoms. The van der Waals surface area contributed by atoms with E-state index in [0.29, 0.717) is 12.0 Å². The van der Waals surface area contributed by atoms with Gasteiger partial charge in [0.05, 0.1) is 5.69 Å². The van der Waals surface area contributed by atoms with Crippen molar-refractivity contribution < 1.29 is 0 Å². The van der Waals surface area contributed by atoms with E-state index >= 15 is 0 Å². The van der Waals surface area contributed by atoms with Crippen molar-refractivity contribution in [3.63, 3.8) is 0 Å². The monoisotopic (exact) mass is 348 g/mol. The highest BCUT2D eigenvalue weighted by atomic mass is 15.1. The average Bonchev–Trinajstić information content (AvgIpc) is 3.08. The van der Waals surface area contributed by atoms with Crippen LogP contribution in [0.15, 0.2) is 40.8 Å². The van der Waals surface area contributed by atoms with Gasteiger partial charge in [-0.1, -0.05) is 25.3 Å². The summed E-state index contributed by atoms with van der Waals surface area (Å²) in [5.74, 6) is 0.715. The van der Waals surface area contributed by atoms with Crippen molar-refractivity contribution in [3.05, 3.63) is 36.2 Å². The van der Waals surface area contributed by atoms with E-state index in [2.05, 4.69) is 42.6 Å². The summed E-state index contributed by atoms with van der Waals surface area (Å²) in [7, 11) is 1.68. The van der Waals surface area contributed by atoms with Crippen LogP contribution in [0.3, 0.4) is 0 Å². The first kappa shape index (κ1) is 16.7. The molecule has 1 aliphatic rings. The molecule has 0 spiro atoms. The largest absolute Gasteiger partial charge is 0.351 e. The summed E-state index contributed by atoms with van der Waals surface area (Å²) < 4.78 is 0. The third kappa shape index (κ3) is 3.31. The Morgan fingerprint density at radius 1 is 1.19 bits per heavy atom. The predicted octanol–water partition coefficient (Wildman–Crippen LogP) is 5.39. The van der Waals surface area contributed by atoms with Crippen molar-refractivity contribution in [1.82, 2.24) is 15.0 Å². The van der Waals surface area contributed by atoms with Crippen LogP contribution >= 0.6 is 0 Å². The van der Waals surface area contributed by atoms with E-state index in [9.17, 15) is 0 Å². The molecular formula is C20H24N6. The molecule has 0 saturated heterocycles. The molecule has 3 aromatic rings. The van der Waals surface area contributed by atoms with Crippen molar-refractivity contribution in [2.24, 2.45) is 10.2 Å². The van der Waals surface area contributed by atoms with Crippen molar-refractivity contribution in [2.45, 2.75) is 45.1 Å². The minimum atomic E-state index is 0.499. The fourth-order valence-corrected chi connectivity index (χ4v) is 3.69. The lowest BCUT2D eigenvalue weighted by molar-refractivity contribution is 0.461. The number of anilines is 1. The van der Waals surface area contributed by atoms with Crippen LogP contribution in [0, 0.1) is 6.92 Å². The molecule has 0 amide bonds. The zero-order valence-corrected chi connectivity index (χ0v) is 15.3. The lowest BCUT2D eigenvalue weighted by atomic mass is 9.96. The Kier molecular flexibility index (Phi) is 4.65. The molecule has 26 heavy (non-hydrogen) atoms. The highest BCUT2D eigenvalue weighted by molar-refractivity contribution is 5.93. The lowest BCUT2D eigenvalue weighted by Gasteiger charge is -2.22. The normalized spacial score (nSPS) is 15.8. The van der Waals surface area contributed by atoms with Gasteiger partial charge in [0.1, 0.15) is 5.65 Å². The second kappa shape index (κ2) is 7.23. The third-order valence-corrected chi connectivity index (χ3v) is 5.09. The average molecular weight is 348 g/mol. The Morgan fingerprint density at radius 2 is 2.04 bits per heavy atom. The van der Waals surface area contributed by atoms with Crippen molar-refractivity contribution in [3.8, 4) is 11.1 Å². The molecule has 134 valence electrons. The van der Waals surface area contributed by atoms with Gasteiger partial charge in [-0.2, -0.15) is 15.2 Å². The summed E-state index contributed by atoms with van der Waals surface area (Å²) >= 11 is 0. The maximum absolute atomic E-state index is 4.67. The van der Waals surface area contributed by atoms with Gasteiger partial charge < -0.3 is 10.3 Å². The van der Waals surface area contributed by atoms with Crippen LogP contribution in [0.4, 0.5) is 11.6 Å². The maximum atomic E-state index is 4.67. The first-order chi connectivity index (χ1) is 12.7. The minimum Gasteiger partial charge on any atom is -0.351 e. The van der Waals surface area contributed by atoms with Gasteiger partial charge in [-0.15, -0.1) is 0 Å². The number of H-pyrrole nitrogens is 1. The number of nitrogens with zero attached hydrogens (tertiary/aromatic N) is 4. The van der Waals surface area contributed by atoms with E-state index in [-0.39, 0.29) is 0 Å². The van der Waals surface area contributed by atoms with Crippen LogP contribution < -0.4 is 5.32 Å². The number of azo groups is 1. The highest BCUT2D eigenvalue weighted by Crippen LogP contribution is 2.31. The summed E-state index contributed by atoms with van der Waals surface area (Å²) in [4.78, 5) is 12.5. The predicted molar refractivity (Wildman–Crippen MR) is 105 cm³/mol. The number of rotatable bonds is 4. The maximum Gasteiger partial charge on any atom is 0.224 e. The van der Waals surface area contributed by atoms with E-state index in [1.807, 2.05) is 25.4 Å². The number of aromatic nitrogens is 3. The molecule has 1 fully saturated rings. The quantitative estimate of drug-likeness (QED) is 0.620. The Labute approximate surface area is 153 Å². The molecule has 0 atom stereocenters. The number of aromatic amines is 1. The number of fused-ring (bicyclic) bond motifs is 1. The number of nitrogens with one attached hydrogen (secondary N) is 2. The number of aryl methyl sites for hydroxylation is 1. The standard InChI is InChI=1S/C20H24N6/c1-13-10-14(8-9-18(13)26-21-2)16-11-22-19-17(16)12-23-20(25-19)24-15-6-4-3-5-7-15/h8-12,15H,3-7H2,1-2H3,(H2,22,23,24,25). The zero-order valence-electron chi connectivity index (χ0n) is 15.3. The van der Waals surface area contributed by atoms with E-state index in [1.54, 1.807) is 7.05 Å². The number of hydrogen-bond acceptors (Lipinski definition) is 5. The Bertz CT molecular complexity index is 937. The van der Waals surface area contributed by atoms with Crippen LogP contribution in [-0.2, 0) is 0 Å². The SMILES string of the molecule is CN=Nc1ccc(-c2c[nH]c3nc(NC4CCCCC4)ncc23)cc1C. The molecule has 4 rings (SSSR count). The highest BCUT2D eigenvalue weighted by Gasteiger charge is 2.15. The summed E-state index contributed by atoms with van der Waals surface area (Å²) in [5, 5.41) is 12.5. The Morgan fingerprint density at radius 3 is 2.81 bits per heavy atom. The van der Waals surface area contributed by atoms with Crippen LogP contribution in [0.5, 0.6) is 0 Å². The smallest absolute Gasteiger partial charge is 0.224 e. The van der Waals surface area contributed by atoms with Gasteiger partial charge in [0.25, 0.3) is 0 Å². The molecule has 2 heterocycles. The van der Waals surface area contributed by atoms with Gasteiger partial charge >= 0.3 is 0 Å². The van der Waals surface area contributed by atoms with Crippen molar-refractivity contribution in [2.75, 3.05) is 12.4 Å². The first-order valence-electron chi connectivity index (χ1n) is 9.26. The Hall–Kier alpha value is -2.76. The van der Waals surface area contributed by atoms with Crippen molar-refractivity contribution in [1.29, 1.82) is 0 Å². The minimum absolute atomic E-state index is 0.499. The van der Waals surface area contributed by atoms with Gasteiger partial charge in [-0.25, -0.2) is 4.98 Å². The topological polar surface area (TPSA) is 78.3 Å². The van der Waals surface area contributed by atoms with Gasteiger partial charge in [0.2, 0.25) is 5.95 Å². The molecule has 1 aliphatic carbocycles. The fraction of sp³-hybridized carbons (Fsp3) is 0.400. The molecule has 2 N–H and O–H groups in total. The second-order valence-corrected chi connectivity index (χ2v) is 6.94. The zero-order chi connectivity index (χ0) is 17.9. The Balaban J connectivity index is 1.62. The molecule has 1 saturated carbocycles. The lowest BCUT2D eigenvalue weighted by Crippen LogP contribution is -2.23. The van der Waals surface area contributed by atoms with Crippen LogP contribution in [0.2, 0.25) is 0 Å². The molecule has 0 radical (unpaired) electrons. The van der Waals surface area contributed by atoms with E-state index in [0.717, 1.165) is 33.4 Å². The second-order valence-electron chi connectivity index (χ2n) is 6.94. The summed E-state index contributed by atoms with van der Waals surface area (Å²) in [6.07, 6.45) is 10.2. The fourth-order valence-electron chi connectivity index (χ4n) is 3.69. The first-order valence-corrected chi connectivity index (χ1v) is 9.26. The van der Waals surface area contributed by atoms with E-state index in [4.69, 9.17) is 0 Å². The summed E-state index contributed by atoms with van der Waals surface area (Å²) in [6.45, 7) is 2.05. The molecule has 0 aliphatic heterocycles. The summed E-state index contributed by atoms with van der Waals surface area (Å²) in [6, 6.07) is 6.68. The molecule has 0 bridgehead atoms. The third-order valence-electron chi connectivity index (χ3n) is 5.09.